The number of nitrogens with one attached hydrogen (secondary N) is 1. The van der Waals surface area contributed by atoms with Crippen molar-refractivity contribution >= 4 is 11.4 Å². The summed E-state index contributed by atoms with van der Waals surface area (Å²) in [6, 6.07) is 5.86. The topological polar surface area (TPSA) is 47.3 Å². The second-order valence-corrected chi connectivity index (χ2v) is 4.99. The normalized spacial score (nSPS) is 10.9. The Kier molecular flexibility index (Phi) is 5.13. The van der Waals surface area contributed by atoms with Crippen LogP contribution in [0.15, 0.2) is 18.2 Å². The van der Waals surface area contributed by atoms with E-state index in [4.69, 9.17) is 10.5 Å². The molecule has 0 aliphatic carbocycles. The molecule has 0 bridgehead atoms. The summed E-state index contributed by atoms with van der Waals surface area (Å²) in [4.78, 5) is 0. The van der Waals surface area contributed by atoms with Crippen LogP contribution in [0, 0.1) is 5.92 Å². The van der Waals surface area contributed by atoms with Crippen molar-refractivity contribution in [2.24, 2.45) is 5.92 Å². The highest BCUT2D eigenvalue weighted by atomic mass is 16.5. The van der Waals surface area contributed by atoms with Crippen molar-refractivity contribution in [2.75, 3.05) is 17.6 Å². The van der Waals surface area contributed by atoms with Crippen LogP contribution in [0.2, 0.25) is 0 Å². The number of rotatable bonds is 6. The number of nitrogen functional groups attached to an aromatic ring is 1. The molecule has 1 aromatic rings. The average Bonchev–Trinajstić information content (AvgIpc) is 2.22. The maximum atomic E-state index is 6.06. The van der Waals surface area contributed by atoms with Crippen LogP contribution >= 0.6 is 0 Å². The van der Waals surface area contributed by atoms with Crippen molar-refractivity contribution in [3.05, 3.63) is 18.2 Å². The highest BCUT2D eigenvalue weighted by Gasteiger charge is 2.07. The van der Waals surface area contributed by atoms with Crippen LogP contribution in [0.25, 0.3) is 0 Å². The quantitative estimate of drug-likeness (QED) is 0.743. The zero-order chi connectivity index (χ0) is 12.8. The molecular weight excluding hydrogens is 212 g/mol. The first-order valence-corrected chi connectivity index (χ1v) is 6.29. The number of para-hydroxylation sites is 1. The van der Waals surface area contributed by atoms with Gasteiger partial charge >= 0.3 is 0 Å². The van der Waals surface area contributed by atoms with E-state index in [1.54, 1.807) is 0 Å². The van der Waals surface area contributed by atoms with Crippen LogP contribution in [0.3, 0.4) is 0 Å². The molecule has 0 saturated carbocycles. The van der Waals surface area contributed by atoms with Gasteiger partial charge in [-0.1, -0.05) is 19.9 Å². The van der Waals surface area contributed by atoms with E-state index in [0.717, 1.165) is 24.4 Å². The molecule has 0 spiro atoms. The molecule has 3 N–H and O–H groups in total. The fraction of sp³-hybridized carbons (Fsp3) is 0.571. The van der Waals surface area contributed by atoms with Crippen molar-refractivity contribution in [2.45, 2.75) is 40.2 Å². The molecule has 0 aromatic heterocycles. The monoisotopic (exact) mass is 236 g/mol. The lowest BCUT2D eigenvalue weighted by Gasteiger charge is -2.16. The van der Waals surface area contributed by atoms with E-state index in [9.17, 15) is 0 Å². The Labute approximate surface area is 104 Å². The average molecular weight is 236 g/mol. The minimum absolute atomic E-state index is 0.142. The number of hydrogen-bond acceptors (Lipinski definition) is 3. The van der Waals surface area contributed by atoms with Gasteiger partial charge in [0.1, 0.15) is 5.75 Å². The third-order valence-corrected chi connectivity index (χ3v) is 2.47. The van der Waals surface area contributed by atoms with Gasteiger partial charge in [0.15, 0.2) is 0 Å². The van der Waals surface area contributed by atoms with E-state index in [-0.39, 0.29) is 6.10 Å². The molecule has 0 aliphatic rings. The van der Waals surface area contributed by atoms with E-state index in [1.807, 2.05) is 32.0 Å². The van der Waals surface area contributed by atoms with Crippen molar-refractivity contribution in [1.82, 2.24) is 0 Å². The van der Waals surface area contributed by atoms with Crippen LogP contribution in [0.4, 0.5) is 11.4 Å². The van der Waals surface area contributed by atoms with Gasteiger partial charge in [-0.25, -0.2) is 0 Å². The SMILES string of the molecule is CC(C)CCNc1cccc(OC(C)C)c1N. The minimum atomic E-state index is 0.142. The lowest BCUT2D eigenvalue weighted by molar-refractivity contribution is 0.244. The molecule has 96 valence electrons. The van der Waals surface area contributed by atoms with Crippen molar-refractivity contribution in [1.29, 1.82) is 0 Å². The summed E-state index contributed by atoms with van der Waals surface area (Å²) in [6.45, 7) is 9.36. The van der Waals surface area contributed by atoms with Crippen LogP contribution in [-0.2, 0) is 0 Å². The zero-order valence-corrected chi connectivity index (χ0v) is 11.3. The molecule has 0 heterocycles. The highest BCUT2D eigenvalue weighted by molar-refractivity contribution is 5.72. The van der Waals surface area contributed by atoms with Crippen molar-refractivity contribution in [3.63, 3.8) is 0 Å². The third kappa shape index (κ3) is 4.55. The molecule has 1 rings (SSSR count). The number of benzene rings is 1. The Balaban J connectivity index is 2.66. The third-order valence-electron chi connectivity index (χ3n) is 2.47. The smallest absolute Gasteiger partial charge is 0.144 e. The number of ether oxygens (including phenoxy) is 1. The predicted octanol–water partition coefficient (Wildman–Crippen LogP) is 3.51. The maximum absolute atomic E-state index is 6.06. The molecule has 0 unspecified atom stereocenters. The van der Waals surface area contributed by atoms with E-state index in [1.165, 1.54) is 0 Å². The van der Waals surface area contributed by atoms with Gasteiger partial charge in [0.25, 0.3) is 0 Å². The zero-order valence-electron chi connectivity index (χ0n) is 11.3. The molecule has 1 aromatic carbocycles. The lowest BCUT2D eigenvalue weighted by Crippen LogP contribution is -2.10. The molecule has 0 aliphatic heterocycles. The summed E-state index contributed by atoms with van der Waals surface area (Å²) in [7, 11) is 0. The van der Waals surface area contributed by atoms with Gasteiger partial charge in [0.2, 0.25) is 0 Å². The molecule has 3 heteroatoms. The number of hydrogen-bond donors (Lipinski definition) is 2. The summed E-state index contributed by atoms with van der Waals surface area (Å²) < 4.78 is 5.65. The molecule has 0 fully saturated rings. The van der Waals surface area contributed by atoms with E-state index < -0.39 is 0 Å². The summed E-state index contributed by atoms with van der Waals surface area (Å²) in [5, 5.41) is 3.35. The molecule has 17 heavy (non-hydrogen) atoms. The van der Waals surface area contributed by atoms with Crippen molar-refractivity contribution < 1.29 is 4.74 Å². The molecule has 3 nitrogen and oxygen atoms in total. The summed E-state index contributed by atoms with van der Waals surface area (Å²) in [5.41, 5.74) is 7.72. The first kappa shape index (κ1) is 13.7. The molecule has 0 amide bonds. The van der Waals surface area contributed by atoms with E-state index in [0.29, 0.717) is 11.6 Å². The van der Waals surface area contributed by atoms with Crippen LogP contribution < -0.4 is 15.8 Å². The van der Waals surface area contributed by atoms with Gasteiger partial charge in [-0.05, 0) is 38.3 Å². The number of nitrogens with two attached hydrogens (primary N) is 1. The van der Waals surface area contributed by atoms with E-state index in [2.05, 4.69) is 19.2 Å². The first-order chi connectivity index (χ1) is 8.00. The van der Waals surface area contributed by atoms with Crippen LogP contribution in [-0.4, -0.2) is 12.6 Å². The second kappa shape index (κ2) is 6.38. The fourth-order valence-corrected chi connectivity index (χ4v) is 1.55. The van der Waals surface area contributed by atoms with Gasteiger partial charge in [0.05, 0.1) is 17.5 Å². The Bertz CT molecular complexity index is 348. The molecule has 0 radical (unpaired) electrons. The summed E-state index contributed by atoms with van der Waals surface area (Å²) in [5.74, 6) is 1.45. The van der Waals surface area contributed by atoms with Gasteiger partial charge < -0.3 is 15.8 Å². The van der Waals surface area contributed by atoms with Gasteiger partial charge in [-0.3, -0.25) is 0 Å². The second-order valence-electron chi connectivity index (χ2n) is 4.99. The Morgan fingerprint density at radius 2 is 1.94 bits per heavy atom. The molecule has 0 atom stereocenters. The standard InChI is InChI=1S/C14H24N2O/c1-10(2)8-9-16-12-6-5-7-13(14(12)15)17-11(3)4/h5-7,10-11,16H,8-9,15H2,1-4H3. The lowest BCUT2D eigenvalue weighted by atomic mass is 10.1. The summed E-state index contributed by atoms with van der Waals surface area (Å²) >= 11 is 0. The van der Waals surface area contributed by atoms with Crippen LogP contribution in [0.5, 0.6) is 5.75 Å². The summed E-state index contributed by atoms with van der Waals surface area (Å²) in [6.07, 6.45) is 1.28. The highest BCUT2D eigenvalue weighted by Crippen LogP contribution is 2.30. The maximum Gasteiger partial charge on any atom is 0.144 e. The Hall–Kier alpha value is -1.38. The van der Waals surface area contributed by atoms with Crippen LogP contribution in [0.1, 0.15) is 34.1 Å². The molecular formula is C14H24N2O. The Morgan fingerprint density at radius 1 is 1.24 bits per heavy atom. The van der Waals surface area contributed by atoms with E-state index >= 15 is 0 Å². The van der Waals surface area contributed by atoms with Gasteiger partial charge in [-0.2, -0.15) is 0 Å². The van der Waals surface area contributed by atoms with Gasteiger partial charge in [0, 0.05) is 6.54 Å². The Morgan fingerprint density at radius 3 is 2.53 bits per heavy atom. The minimum Gasteiger partial charge on any atom is -0.489 e. The molecule has 0 saturated heterocycles. The van der Waals surface area contributed by atoms with Crippen molar-refractivity contribution in [3.8, 4) is 5.75 Å². The van der Waals surface area contributed by atoms with Gasteiger partial charge in [-0.15, -0.1) is 0 Å². The fourth-order valence-electron chi connectivity index (χ4n) is 1.55. The largest absolute Gasteiger partial charge is 0.489 e. The predicted molar refractivity (Wildman–Crippen MR) is 74.6 cm³/mol. The first-order valence-electron chi connectivity index (χ1n) is 6.29. The number of anilines is 2.